The molecule has 5 nitrogen and oxygen atoms in total. The minimum Gasteiger partial charge on any atom is -0.396 e. The van der Waals surface area contributed by atoms with Crippen LogP contribution in [0.15, 0.2) is 0 Å². The zero-order valence-electron chi connectivity index (χ0n) is 8.24. The molecular formula is C7H18N2O3S. The summed E-state index contributed by atoms with van der Waals surface area (Å²) in [7, 11) is -3.40. The summed E-state index contributed by atoms with van der Waals surface area (Å²) in [6, 6.07) is -0.123. The lowest BCUT2D eigenvalue weighted by atomic mass is 10.2. The van der Waals surface area contributed by atoms with Gasteiger partial charge in [-0.15, -0.1) is 0 Å². The highest BCUT2D eigenvalue weighted by Gasteiger charge is 2.11. The van der Waals surface area contributed by atoms with Crippen molar-refractivity contribution >= 4 is 10.2 Å². The van der Waals surface area contributed by atoms with Crippen molar-refractivity contribution in [2.45, 2.75) is 26.8 Å². The van der Waals surface area contributed by atoms with E-state index in [0.29, 0.717) is 0 Å². The molecule has 0 heterocycles. The molecule has 1 unspecified atom stereocenters. The van der Waals surface area contributed by atoms with Crippen LogP contribution in [0.2, 0.25) is 0 Å². The van der Waals surface area contributed by atoms with Crippen LogP contribution in [0.1, 0.15) is 20.8 Å². The van der Waals surface area contributed by atoms with E-state index in [1.54, 1.807) is 20.8 Å². The first kappa shape index (κ1) is 12.8. The number of hydrogen-bond donors (Lipinski definition) is 3. The third-order valence-electron chi connectivity index (χ3n) is 1.32. The first-order valence-corrected chi connectivity index (χ1v) is 5.73. The van der Waals surface area contributed by atoms with Crippen LogP contribution in [-0.4, -0.2) is 32.7 Å². The Labute approximate surface area is 79.7 Å². The van der Waals surface area contributed by atoms with Crippen LogP contribution in [0, 0.1) is 5.92 Å². The van der Waals surface area contributed by atoms with E-state index in [1.165, 1.54) is 0 Å². The molecule has 3 N–H and O–H groups in total. The largest absolute Gasteiger partial charge is 0.396 e. The van der Waals surface area contributed by atoms with Crippen molar-refractivity contribution in [2.75, 3.05) is 13.2 Å². The Hall–Kier alpha value is -0.170. The second kappa shape index (κ2) is 5.54. The number of aliphatic hydroxyl groups is 1. The van der Waals surface area contributed by atoms with Gasteiger partial charge in [-0.3, -0.25) is 0 Å². The van der Waals surface area contributed by atoms with Crippen LogP contribution in [0.4, 0.5) is 0 Å². The normalized spacial score (nSPS) is 14.8. The second-order valence-corrected chi connectivity index (χ2v) is 4.94. The molecule has 0 amide bonds. The average Bonchev–Trinajstić information content (AvgIpc) is 1.98. The van der Waals surface area contributed by atoms with E-state index < -0.39 is 10.2 Å². The molecule has 80 valence electrons. The molecule has 0 aliphatic rings. The Morgan fingerprint density at radius 2 is 1.85 bits per heavy atom. The van der Waals surface area contributed by atoms with Crippen molar-refractivity contribution in [3.8, 4) is 0 Å². The molecule has 0 aromatic heterocycles. The molecule has 0 saturated carbocycles. The molecule has 0 aromatic carbocycles. The number of hydrogen-bond acceptors (Lipinski definition) is 3. The smallest absolute Gasteiger partial charge is 0.277 e. The van der Waals surface area contributed by atoms with Gasteiger partial charge in [0.15, 0.2) is 0 Å². The molecule has 0 radical (unpaired) electrons. The Morgan fingerprint density at radius 3 is 2.23 bits per heavy atom. The summed E-state index contributed by atoms with van der Waals surface area (Å²) in [6.07, 6.45) is 0. The van der Waals surface area contributed by atoms with Crippen LogP contribution in [-0.2, 0) is 10.2 Å². The van der Waals surface area contributed by atoms with E-state index in [-0.39, 0.29) is 25.1 Å². The number of nitrogens with one attached hydrogen (secondary N) is 2. The van der Waals surface area contributed by atoms with Crippen molar-refractivity contribution in [1.82, 2.24) is 9.44 Å². The van der Waals surface area contributed by atoms with Gasteiger partial charge in [0.2, 0.25) is 0 Å². The fourth-order valence-electron chi connectivity index (χ4n) is 0.668. The van der Waals surface area contributed by atoms with Gasteiger partial charge in [-0.2, -0.15) is 13.1 Å². The van der Waals surface area contributed by atoms with E-state index in [2.05, 4.69) is 9.44 Å². The molecule has 6 heteroatoms. The molecule has 0 aromatic rings. The topological polar surface area (TPSA) is 78.4 Å². The number of aliphatic hydroxyl groups excluding tert-OH is 1. The van der Waals surface area contributed by atoms with E-state index in [4.69, 9.17) is 5.11 Å². The van der Waals surface area contributed by atoms with Crippen molar-refractivity contribution in [2.24, 2.45) is 5.92 Å². The van der Waals surface area contributed by atoms with Gasteiger partial charge in [0.05, 0.1) is 0 Å². The van der Waals surface area contributed by atoms with Gasteiger partial charge in [0, 0.05) is 19.2 Å². The predicted octanol–water partition coefficient (Wildman–Crippen LogP) is -0.553. The maximum absolute atomic E-state index is 11.2. The number of rotatable bonds is 6. The van der Waals surface area contributed by atoms with Gasteiger partial charge in [0.1, 0.15) is 0 Å². The van der Waals surface area contributed by atoms with Crippen LogP contribution >= 0.6 is 0 Å². The summed E-state index contributed by atoms with van der Waals surface area (Å²) in [6.45, 7) is 5.48. The maximum Gasteiger partial charge on any atom is 0.277 e. The molecule has 0 fully saturated rings. The lowest BCUT2D eigenvalue weighted by Crippen LogP contribution is -2.42. The van der Waals surface area contributed by atoms with E-state index >= 15 is 0 Å². The molecule has 0 spiro atoms. The van der Waals surface area contributed by atoms with E-state index in [9.17, 15) is 8.42 Å². The first-order chi connectivity index (χ1) is 5.87. The van der Waals surface area contributed by atoms with Crippen LogP contribution < -0.4 is 9.44 Å². The highest BCUT2D eigenvalue weighted by Crippen LogP contribution is 1.91. The SMILES string of the molecule is CC(CO)CNS(=O)(=O)NC(C)C. The molecule has 0 saturated heterocycles. The van der Waals surface area contributed by atoms with Crippen LogP contribution in [0.5, 0.6) is 0 Å². The fourth-order valence-corrected chi connectivity index (χ4v) is 1.88. The van der Waals surface area contributed by atoms with Crippen molar-refractivity contribution < 1.29 is 13.5 Å². The molecular weight excluding hydrogens is 192 g/mol. The Bertz CT molecular complexity index is 226. The summed E-state index contributed by atoms with van der Waals surface area (Å²) in [4.78, 5) is 0. The average molecular weight is 210 g/mol. The summed E-state index contributed by atoms with van der Waals surface area (Å²) in [5.41, 5.74) is 0. The standard InChI is InChI=1S/C7H18N2O3S/c1-6(2)9-13(11,12)8-4-7(3)5-10/h6-10H,4-5H2,1-3H3. The van der Waals surface area contributed by atoms with Gasteiger partial charge in [-0.25, -0.2) is 4.72 Å². The van der Waals surface area contributed by atoms with E-state index in [1.807, 2.05) is 0 Å². The van der Waals surface area contributed by atoms with Crippen molar-refractivity contribution in [1.29, 1.82) is 0 Å². The summed E-state index contributed by atoms with van der Waals surface area (Å²) < 4.78 is 27.0. The fraction of sp³-hybridized carbons (Fsp3) is 1.00. The minimum absolute atomic E-state index is 0.0236. The molecule has 1 atom stereocenters. The molecule has 0 aliphatic carbocycles. The second-order valence-electron chi connectivity index (χ2n) is 3.41. The molecule has 13 heavy (non-hydrogen) atoms. The first-order valence-electron chi connectivity index (χ1n) is 4.25. The maximum atomic E-state index is 11.2. The summed E-state index contributed by atoms with van der Waals surface area (Å²) in [5.74, 6) is -0.0660. The lowest BCUT2D eigenvalue weighted by molar-refractivity contribution is 0.238. The van der Waals surface area contributed by atoms with Crippen LogP contribution in [0.25, 0.3) is 0 Å². The van der Waals surface area contributed by atoms with Crippen molar-refractivity contribution in [3.63, 3.8) is 0 Å². The summed E-state index contributed by atoms with van der Waals surface area (Å²) >= 11 is 0. The highest BCUT2D eigenvalue weighted by atomic mass is 32.2. The monoisotopic (exact) mass is 210 g/mol. The molecule has 0 aliphatic heterocycles. The third-order valence-corrected chi connectivity index (χ3v) is 2.65. The predicted molar refractivity (Wildman–Crippen MR) is 51.4 cm³/mol. The zero-order valence-corrected chi connectivity index (χ0v) is 9.06. The molecule has 0 rings (SSSR count). The third kappa shape index (κ3) is 6.94. The van der Waals surface area contributed by atoms with Gasteiger partial charge in [0.25, 0.3) is 10.2 Å². The highest BCUT2D eigenvalue weighted by molar-refractivity contribution is 7.87. The Kier molecular flexibility index (Phi) is 5.46. The van der Waals surface area contributed by atoms with Gasteiger partial charge in [-0.1, -0.05) is 6.92 Å². The Morgan fingerprint density at radius 1 is 1.31 bits per heavy atom. The van der Waals surface area contributed by atoms with Gasteiger partial charge >= 0.3 is 0 Å². The van der Waals surface area contributed by atoms with Crippen molar-refractivity contribution in [3.05, 3.63) is 0 Å². The Balaban J connectivity index is 3.90. The summed E-state index contributed by atoms with van der Waals surface area (Å²) in [5, 5.41) is 8.66. The zero-order chi connectivity index (χ0) is 10.5. The van der Waals surface area contributed by atoms with Crippen LogP contribution in [0.3, 0.4) is 0 Å². The quantitative estimate of drug-likeness (QED) is 0.550. The van der Waals surface area contributed by atoms with E-state index in [0.717, 1.165) is 0 Å². The molecule has 0 bridgehead atoms. The lowest BCUT2D eigenvalue weighted by Gasteiger charge is -2.12. The van der Waals surface area contributed by atoms with Gasteiger partial charge < -0.3 is 5.11 Å². The van der Waals surface area contributed by atoms with Gasteiger partial charge in [-0.05, 0) is 19.8 Å². The minimum atomic E-state index is -3.40.